The van der Waals surface area contributed by atoms with Gasteiger partial charge in [-0.3, -0.25) is 0 Å². The first kappa shape index (κ1) is 17.7. The summed E-state index contributed by atoms with van der Waals surface area (Å²) < 4.78 is 66.7. The summed E-state index contributed by atoms with van der Waals surface area (Å²) in [4.78, 5) is -0.316. The minimum atomic E-state index is -4.88. The number of hydrogen-bond acceptors (Lipinski definition) is 4. The van der Waals surface area contributed by atoms with Gasteiger partial charge in [0.1, 0.15) is 5.75 Å². The van der Waals surface area contributed by atoms with Crippen molar-refractivity contribution in [1.29, 1.82) is 0 Å². The molecule has 0 aliphatic carbocycles. The van der Waals surface area contributed by atoms with Gasteiger partial charge in [0.15, 0.2) is 0 Å². The Balaban J connectivity index is 3.01. The molecule has 9 heteroatoms. The van der Waals surface area contributed by atoms with Crippen molar-refractivity contribution in [3.63, 3.8) is 0 Å². The van der Waals surface area contributed by atoms with Crippen LogP contribution in [0.2, 0.25) is 0 Å². The molecule has 0 spiro atoms. The smallest absolute Gasteiger partial charge is 0.406 e. The molecular weight excluding hydrogens is 309 g/mol. The van der Waals surface area contributed by atoms with E-state index < -0.39 is 28.2 Å². The summed E-state index contributed by atoms with van der Waals surface area (Å²) in [6, 6.07) is 3.67. The molecule has 0 radical (unpaired) electrons. The lowest BCUT2D eigenvalue weighted by Gasteiger charge is -2.20. The summed E-state index contributed by atoms with van der Waals surface area (Å²) in [7, 11) is -3.97. The third-order valence-electron chi connectivity index (χ3n) is 2.71. The maximum Gasteiger partial charge on any atom is 0.573 e. The molecule has 1 atom stereocenters. The Morgan fingerprint density at radius 1 is 1.33 bits per heavy atom. The predicted molar refractivity (Wildman–Crippen MR) is 71.1 cm³/mol. The second kappa shape index (κ2) is 6.63. The molecule has 0 fully saturated rings. The van der Waals surface area contributed by atoms with Crippen LogP contribution in [0, 0.1) is 5.92 Å². The van der Waals surface area contributed by atoms with E-state index in [-0.39, 0.29) is 17.4 Å². The predicted octanol–water partition coefficient (Wildman–Crippen LogP) is 1.85. The zero-order chi connectivity index (χ0) is 16.3. The molecule has 0 aromatic heterocycles. The summed E-state index contributed by atoms with van der Waals surface area (Å²) in [5.74, 6) is -0.654. The number of sulfonamides is 1. The van der Waals surface area contributed by atoms with E-state index in [2.05, 4.69) is 9.46 Å². The summed E-state index contributed by atoms with van der Waals surface area (Å²) >= 11 is 0. The first-order valence-electron chi connectivity index (χ1n) is 6.13. The maximum atomic E-state index is 12.1. The highest BCUT2D eigenvalue weighted by Crippen LogP contribution is 2.25. The number of nitrogens with two attached hydrogens (primary N) is 1. The van der Waals surface area contributed by atoms with Gasteiger partial charge in [0.05, 0.1) is 4.90 Å². The molecule has 3 N–H and O–H groups in total. The van der Waals surface area contributed by atoms with Crippen LogP contribution in [0.15, 0.2) is 29.2 Å². The maximum absolute atomic E-state index is 12.1. The third-order valence-corrected chi connectivity index (χ3v) is 4.20. The average molecular weight is 326 g/mol. The van der Waals surface area contributed by atoms with Gasteiger partial charge >= 0.3 is 6.36 Å². The van der Waals surface area contributed by atoms with E-state index in [0.717, 1.165) is 12.1 Å². The molecule has 5 nitrogen and oxygen atoms in total. The molecule has 21 heavy (non-hydrogen) atoms. The first-order valence-corrected chi connectivity index (χ1v) is 7.61. The van der Waals surface area contributed by atoms with Crippen LogP contribution >= 0.6 is 0 Å². The van der Waals surface area contributed by atoms with E-state index in [1.54, 1.807) is 13.8 Å². The lowest BCUT2D eigenvalue weighted by Crippen LogP contribution is -2.43. The van der Waals surface area contributed by atoms with Gasteiger partial charge in [-0.2, -0.15) is 0 Å². The van der Waals surface area contributed by atoms with Crippen LogP contribution in [-0.4, -0.2) is 27.4 Å². The van der Waals surface area contributed by atoms with Crippen molar-refractivity contribution in [1.82, 2.24) is 4.72 Å². The molecule has 0 saturated heterocycles. The topological polar surface area (TPSA) is 81.4 Å². The number of nitrogens with one attached hydrogen (secondary N) is 1. The number of benzene rings is 1. The Kier molecular flexibility index (Phi) is 5.60. The van der Waals surface area contributed by atoms with E-state index >= 15 is 0 Å². The third kappa shape index (κ3) is 5.52. The zero-order valence-corrected chi connectivity index (χ0v) is 12.3. The summed E-state index contributed by atoms with van der Waals surface area (Å²) in [5.41, 5.74) is 5.47. The fraction of sp³-hybridized carbons (Fsp3) is 0.500. The number of hydrogen-bond donors (Lipinski definition) is 2. The zero-order valence-electron chi connectivity index (χ0n) is 11.5. The molecule has 0 aliphatic heterocycles. The standard InChI is InChI=1S/C12H17F3N2O3S/c1-8(2)11(7-16)17-21(18,19)10-5-3-4-9(6-10)20-12(13,14)15/h3-6,8,11,17H,7,16H2,1-2H3. The highest BCUT2D eigenvalue weighted by Gasteiger charge is 2.31. The second-order valence-electron chi connectivity index (χ2n) is 4.73. The van der Waals surface area contributed by atoms with Gasteiger partial charge in [-0.25, -0.2) is 13.1 Å². The molecule has 1 rings (SSSR count). The Morgan fingerprint density at radius 2 is 1.95 bits per heavy atom. The Morgan fingerprint density at radius 3 is 2.43 bits per heavy atom. The van der Waals surface area contributed by atoms with Crippen molar-refractivity contribution in [3.8, 4) is 5.75 Å². The molecule has 0 amide bonds. The highest BCUT2D eigenvalue weighted by atomic mass is 32.2. The van der Waals surface area contributed by atoms with Crippen LogP contribution in [0.5, 0.6) is 5.75 Å². The minimum absolute atomic E-state index is 0.0561. The molecule has 1 unspecified atom stereocenters. The molecule has 120 valence electrons. The largest absolute Gasteiger partial charge is 0.573 e. The molecule has 1 aromatic rings. The molecular formula is C12H17F3N2O3S. The number of alkyl halides is 3. The normalized spacial score (nSPS) is 14.2. The Hall–Kier alpha value is -1.32. The van der Waals surface area contributed by atoms with Gasteiger partial charge in [0.2, 0.25) is 10.0 Å². The van der Waals surface area contributed by atoms with Crippen LogP contribution in [-0.2, 0) is 10.0 Å². The lowest BCUT2D eigenvalue weighted by molar-refractivity contribution is -0.274. The fourth-order valence-corrected chi connectivity index (χ4v) is 2.99. The SMILES string of the molecule is CC(C)C(CN)NS(=O)(=O)c1cccc(OC(F)(F)F)c1. The van der Waals surface area contributed by atoms with Crippen LogP contribution in [0.4, 0.5) is 13.2 Å². The molecule has 0 bridgehead atoms. The quantitative estimate of drug-likeness (QED) is 0.836. The number of halogens is 3. The van der Waals surface area contributed by atoms with E-state index in [1.165, 1.54) is 12.1 Å². The van der Waals surface area contributed by atoms with E-state index in [9.17, 15) is 21.6 Å². The summed E-state index contributed by atoms with van der Waals surface area (Å²) in [5, 5.41) is 0. The van der Waals surface area contributed by atoms with E-state index in [4.69, 9.17) is 5.73 Å². The van der Waals surface area contributed by atoms with Crippen LogP contribution < -0.4 is 15.2 Å². The fourth-order valence-electron chi connectivity index (χ4n) is 1.56. The monoisotopic (exact) mass is 326 g/mol. The van der Waals surface area contributed by atoms with Crippen LogP contribution in [0.1, 0.15) is 13.8 Å². The van der Waals surface area contributed by atoms with E-state index in [0.29, 0.717) is 0 Å². The number of ether oxygens (including phenoxy) is 1. The van der Waals surface area contributed by atoms with E-state index in [1.807, 2.05) is 0 Å². The Bertz CT molecular complexity index is 573. The van der Waals surface area contributed by atoms with Crippen molar-refractivity contribution in [2.45, 2.75) is 31.1 Å². The second-order valence-corrected chi connectivity index (χ2v) is 6.44. The van der Waals surface area contributed by atoms with Gasteiger partial charge < -0.3 is 10.5 Å². The molecule has 0 aliphatic rings. The van der Waals surface area contributed by atoms with Gasteiger partial charge in [-0.05, 0) is 18.1 Å². The average Bonchev–Trinajstić information content (AvgIpc) is 2.34. The van der Waals surface area contributed by atoms with Gasteiger partial charge in [-0.15, -0.1) is 13.2 Å². The van der Waals surface area contributed by atoms with Crippen molar-refractivity contribution >= 4 is 10.0 Å². The summed E-state index contributed by atoms with van der Waals surface area (Å²) in [6.07, 6.45) is -4.88. The van der Waals surface area contributed by atoms with Gasteiger partial charge in [0, 0.05) is 18.7 Å². The van der Waals surface area contributed by atoms with Crippen molar-refractivity contribution in [2.75, 3.05) is 6.54 Å². The number of rotatable bonds is 6. The Labute approximate surface area is 121 Å². The molecule has 1 aromatic carbocycles. The van der Waals surface area contributed by atoms with Gasteiger partial charge in [0.25, 0.3) is 0 Å². The molecule has 0 saturated carbocycles. The minimum Gasteiger partial charge on any atom is -0.406 e. The van der Waals surface area contributed by atoms with Crippen molar-refractivity contribution < 1.29 is 26.3 Å². The van der Waals surface area contributed by atoms with Crippen molar-refractivity contribution in [2.24, 2.45) is 11.7 Å². The van der Waals surface area contributed by atoms with Gasteiger partial charge in [-0.1, -0.05) is 19.9 Å². The van der Waals surface area contributed by atoms with Crippen LogP contribution in [0.25, 0.3) is 0 Å². The van der Waals surface area contributed by atoms with Crippen LogP contribution in [0.3, 0.4) is 0 Å². The summed E-state index contributed by atoms with van der Waals surface area (Å²) in [6.45, 7) is 3.64. The van der Waals surface area contributed by atoms with Crippen molar-refractivity contribution in [3.05, 3.63) is 24.3 Å². The molecule has 0 heterocycles. The highest BCUT2D eigenvalue weighted by molar-refractivity contribution is 7.89. The lowest BCUT2D eigenvalue weighted by atomic mass is 10.1. The first-order chi connectivity index (χ1) is 9.55.